The van der Waals surface area contributed by atoms with Crippen molar-refractivity contribution in [1.29, 1.82) is 0 Å². The normalized spacial score (nSPS) is 11.3. The molecule has 29 heavy (non-hydrogen) atoms. The van der Waals surface area contributed by atoms with E-state index >= 15 is 0 Å². The number of halogens is 2. The summed E-state index contributed by atoms with van der Waals surface area (Å²) in [4.78, 5) is 8.99. The van der Waals surface area contributed by atoms with Gasteiger partial charge in [0, 0.05) is 37.0 Å². The minimum absolute atomic E-state index is 0. The van der Waals surface area contributed by atoms with E-state index in [1.165, 1.54) is 0 Å². The number of rotatable bonds is 10. The lowest BCUT2D eigenvalue weighted by Gasteiger charge is -2.12. The summed E-state index contributed by atoms with van der Waals surface area (Å²) in [6.07, 6.45) is 2.37. The summed E-state index contributed by atoms with van der Waals surface area (Å²) < 4.78 is 10.4. The van der Waals surface area contributed by atoms with Crippen LogP contribution in [0.5, 0.6) is 5.75 Å². The molecule has 2 aromatic rings. The highest BCUT2D eigenvalue weighted by molar-refractivity contribution is 14.0. The zero-order valence-corrected chi connectivity index (χ0v) is 20.6. The van der Waals surface area contributed by atoms with Gasteiger partial charge in [0.1, 0.15) is 5.75 Å². The average Bonchev–Trinajstić information content (AvgIpc) is 3.15. The predicted molar refractivity (Wildman–Crippen MR) is 128 cm³/mol. The molecule has 7 nitrogen and oxygen atoms in total. The van der Waals surface area contributed by atoms with E-state index in [0.717, 1.165) is 55.4 Å². The van der Waals surface area contributed by atoms with Crippen molar-refractivity contribution in [3.63, 3.8) is 0 Å². The van der Waals surface area contributed by atoms with E-state index in [4.69, 9.17) is 20.9 Å². The molecule has 1 aromatic heterocycles. The molecule has 0 aliphatic heterocycles. The van der Waals surface area contributed by atoms with Gasteiger partial charge in [-0.3, -0.25) is 4.99 Å². The second-order valence-electron chi connectivity index (χ2n) is 6.70. The first-order chi connectivity index (χ1) is 13.5. The van der Waals surface area contributed by atoms with Crippen LogP contribution in [0.25, 0.3) is 0 Å². The number of hydrogen-bond acceptors (Lipinski definition) is 5. The number of methoxy groups -OCH3 is 1. The highest BCUT2D eigenvalue weighted by Crippen LogP contribution is 2.22. The molecule has 0 bridgehead atoms. The Kier molecular flexibility index (Phi) is 12.0. The summed E-state index contributed by atoms with van der Waals surface area (Å²) in [5.41, 5.74) is 1.07. The Morgan fingerprint density at radius 2 is 2.07 bits per heavy atom. The van der Waals surface area contributed by atoms with Crippen molar-refractivity contribution in [3.8, 4) is 5.75 Å². The fourth-order valence-electron chi connectivity index (χ4n) is 2.54. The van der Waals surface area contributed by atoms with E-state index in [-0.39, 0.29) is 29.9 Å². The maximum absolute atomic E-state index is 6.29. The zero-order valence-electron chi connectivity index (χ0n) is 17.5. The van der Waals surface area contributed by atoms with Gasteiger partial charge in [-0.05, 0) is 37.5 Å². The number of hydrogen-bond donors (Lipinski definition) is 2. The van der Waals surface area contributed by atoms with Crippen LogP contribution in [-0.4, -0.2) is 42.8 Å². The molecular formula is C20H31ClIN5O2. The predicted octanol–water partition coefficient (Wildman–Crippen LogP) is 4.20. The Morgan fingerprint density at radius 1 is 1.28 bits per heavy atom. The Labute approximate surface area is 195 Å². The van der Waals surface area contributed by atoms with Crippen LogP contribution in [0.1, 0.15) is 50.4 Å². The summed E-state index contributed by atoms with van der Waals surface area (Å²) in [6, 6.07) is 5.74. The third-order valence-corrected chi connectivity index (χ3v) is 4.46. The smallest absolute Gasteiger partial charge is 0.226 e. The molecule has 0 aliphatic rings. The van der Waals surface area contributed by atoms with Crippen LogP contribution in [0.4, 0.5) is 0 Å². The Hall–Kier alpha value is -1.55. The van der Waals surface area contributed by atoms with Crippen molar-refractivity contribution in [2.24, 2.45) is 4.99 Å². The number of nitrogens with zero attached hydrogens (tertiary/aromatic N) is 3. The molecule has 0 fully saturated rings. The first-order valence-electron chi connectivity index (χ1n) is 9.70. The molecule has 1 aromatic carbocycles. The zero-order chi connectivity index (χ0) is 20.4. The van der Waals surface area contributed by atoms with Gasteiger partial charge in [-0.1, -0.05) is 36.7 Å². The van der Waals surface area contributed by atoms with E-state index in [1.807, 2.05) is 39.0 Å². The van der Waals surface area contributed by atoms with Crippen LogP contribution < -0.4 is 15.4 Å². The van der Waals surface area contributed by atoms with Gasteiger partial charge in [-0.15, -0.1) is 24.0 Å². The molecule has 0 saturated heterocycles. The summed E-state index contributed by atoms with van der Waals surface area (Å²) in [7, 11) is 1.63. The van der Waals surface area contributed by atoms with Gasteiger partial charge in [0.2, 0.25) is 5.89 Å². The molecule has 9 heteroatoms. The van der Waals surface area contributed by atoms with Gasteiger partial charge in [0.15, 0.2) is 11.8 Å². The maximum Gasteiger partial charge on any atom is 0.226 e. The topological polar surface area (TPSA) is 84.6 Å². The van der Waals surface area contributed by atoms with Crippen LogP contribution in [-0.2, 0) is 12.8 Å². The molecule has 2 rings (SSSR count). The highest BCUT2D eigenvalue weighted by Gasteiger charge is 2.09. The molecule has 2 N–H and O–H groups in total. The van der Waals surface area contributed by atoms with Crippen molar-refractivity contribution in [2.45, 2.75) is 46.0 Å². The molecule has 0 spiro atoms. The number of guanidine groups is 1. The number of aromatic nitrogens is 2. The average molecular weight is 536 g/mol. The fourth-order valence-corrected chi connectivity index (χ4v) is 2.81. The van der Waals surface area contributed by atoms with Crippen molar-refractivity contribution >= 4 is 41.5 Å². The lowest BCUT2D eigenvalue weighted by atomic mass is 10.1. The van der Waals surface area contributed by atoms with Crippen molar-refractivity contribution < 1.29 is 9.26 Å². The largest absolute Gasteiger partial charge is 0.497 e. The second kappa shape index (κ2) is 13.6. The molecule has 0 atom stereocenters. The van der Waals surface area contributed by atoms with E-state index in [1.54, 1.807) is 7.11 Å². The first kappa shape index (κ1) is 25.5. The van der Waals surface area contributed by atoms with Crippen molar-refractivity contribution in [3.05, 3.63) is 40.5 Å². The Morgan fingerprint density at radius 3 is 2.69 bits per heavy atom. The van der Waals surface area contributed by atoms with Gasteiger partial charge in [-0.2, -0.15) is 4.98 Å². The number of aliphatic imine (C=N–C) groups is 1. The molecule has 1 heterocycles. The van der Waals surface area contributed by atoms with Gasteiger partial charge >= 0.3 is 0 Å². The summed E-state index contributed by atoms with van der Waals surface area (Å²) in [5, 5.41) is 11.3. The van der Waals surface area contributed by atoms with E-state index in [2.05, 4.69) is 25.8 Å². The molecule has 0 amide bonds. The Balaban J connectivity index is 0.00000420. The third-order valence-electron chi connectivity index (χ3n) is 4.11. The van der Waals surface area contributed by atoms with Crippen LogP contribution >= 0.6 is 35.6 Å². The second-order valence-corrected chi connectivity index (χ2v) is 7.11. The lowest BCUT2D eigenvalue weighted by molar-refractivity contribution is 0.369. The van der Waals surface area contributed by atoms with E-state index in [9.17, 15) is 0 Å². The molecular weight excluding hydrogens is 505 g/mol. The summed E-state index contributed by atoms with van der Waals surface area (Å²) in [6.45, 7) is 8.36. The minimum Gasteiger partial charge on any atom is -0.497 e. The molecule has 0 radical (unpaired) electrons. The van der Waals surface area contributed by atoms with Gasteiger partial charge in [0.05, 0.1) is 7.11 Å². The fraction of sp³-hybridized carbons (Fsp3) is 0.550. The lowest BCUT2D eigenvalue weighted by Crippen LogP contribution is -2.38. The molecule has 0 aliphatic carbocycles. The van der Waals surface area contributed by atoms with Crippen LogP contribution in [0.3, 0.4) is 0 Å². The van der Waals surface area contributed by atoms with Crippen LogP contribution in [0, 0.1) is 0 Å². The SMILES string of the molecule is CCNC(=NCCCc1nc(C(C)C)no1)NCCc1ccc(OC)cc1Cl.I. The van der Waals surface area contributed by atoms with Crippen molar-refractivity contribution in [1.82, 2.24) is 20.8 Å². The maximum atomic E-state index is 6.29. The molecule has 0 unspecified atom stereocenters. The summed E-state index contributed by atoms with van der Waals surface area (Å²) >= 11 is 6.29. The number of ether oxygens (including phenoxy) is 1. The van der Waals surface area contributed by atoms with Gasteiger partial charge in [0.25, 0.3) is 0 Å². The van der Waals surface area contributed by atoms with Crippen LogP contribution in [0.2, 0.25) is 5.02 Å². The number of benzene rings is 1. The number of nitrogens with one attached hydrogen (secondary N) is 2. The van der Waals surface area contributed by atoms with Crippen molar-refractivity contribution in [2.75, 3.05) is 26.7 Å². The molecule has 0 saturated carbocycles. The van der Waals surface area contributed by atoms with Crippen LogP contribution in [0.15, 0.2) is 27.7 Å². The third kappa shape index (κ3) is 8.77. The first-order valence-corrected chi connectivity index (χ1v) is 10.1. The van der Waals surface area contributed by atoms with Gasteiger partial charge < -0.3 is 19.9 Å². The van der Waals surface area contributed by atoms with E-state index < -0.39 is 0 Å². The standard InChI is InChI=1S/C20H30ClN5O2.HI/c1-5-22-20(23-11-6-7-18-25-19(14(2)3)26-28-18)24-12-10-15-8-9-16(27-4)13-17(15)21;/h8-9,13-14H,5-7,10-12H2,1-4H3,(H2,22,23,24);1H. The van der Waals surface area contributed by atoms with E-state index in [0.29, 0.717) is 17.5 Å². The quantitative estimate of drug-likeness (QED) is 0.205. The van der Waals surface area contributed by atoms with Gasteiger partial charge in [-0.25, -0.2) is 0 Å². The molecule has 162 valence electrons. The summed E-state index contributed by atoms with van der Waals surface area (Å²) in [5.74, 6) is 3.26. The minimum atomic E-state index is 0. The Bertz CT molecular complexity index is 767. The number of aryl methyl sites for hydroxylation is 1. The highest BCUT2D eigenvalue weighted by atomic mass is 127. The monoisotopic (exact) mass is 535 g/mol.